The highest BCUT2D eigenvalue weighted by atomic mass is 19.4. The van der Waals surface area contributed by atoms with Crippen LogP contribution in [-0.2, 0) is 6.18 Å². The van der Waals surface area contributed by atoms with Gasteiger partial charge in [-0.3, -0.25) is 4.79 Å². The standard InChI is InChI=1S/C14H20F3N3O/c1-4-9(3)8-20(5-2)13-10(12(18)21)6-7-11(19-13)14(15,16)17/h6-7,9H,4-5,8H2,1-3H3,(H2,18,21). The first-order valence-corrected chi connectivity index (χ1v) is 6.83. The molecule has 1 aromatic heterocycles. The van der Waals surface area contributed by atoms with Gasteiger partial charge >= 0.3 is 6.18 Å². The molecule has 0 aliphatic carbocycles. The molecule has 0 aliphatic rings. The first-order chi connectivity index (χ1) is 9.70. The number of aromatic nitrogens is 1. The molecule has 0 fully saturated rings. The van der Waals surface area contributed by atoms with Crippen molar-refractivity contribution in [3.63, 3.8) is 0 Å². The lowest BCUT2D eigenvalue weighted by atomic mass is 10.1. The number of nitrogens with zero attached hydrogens (tertiary/aromatic N) is 2. The summed E-state index contributed by atoms with van der Waals surface area (Å²) in [4.78, 5) is 16.7. The molecule has 21 heavy (non-hydrogen) atoms. The fraction of sp³-hybridized carbons (Fsp3) is 0.571. The Morgan fingerprint density at radius 2 is 2.00 bits per heavy atom. The summed E-state index contributed by atoms with van der Waals surface area (Å²) in [6.07, 6.45) is -3.68. The minimum Gasteiger partial charge on any atom is -0.365 e. The van der Waals surface area contributed by atoms with Gasteiger partial charge in [0.05, 0.1) is 5.56 Å². The molecule has 0 saturated heterocycles. The Balaban J connectivity index is 3.30. The Morgan fingerprint density at radius 1 is 1.38 bits per heavy atom. The zero-order chi connectivity index (χ0) is 16.2. The molecule has 4 nitrogen and oxygen atoms in total. The lowest BCUT2D eigenvalue weighted by molar-refractivity contribution is -0.141. The number of alkyl halides is 3. The normalized spacial score (nSPS) is 13.0. The third-order valence-electron chi connectivity index (χ3n) is 3.34. The van der Waals surface area contributed by atoms with Crippen molar-refractivity contribution in [3.05, 3.63) is 23.4 Å². The third kappa shape index (κ3) is 4.34. The Hall–Kier alpha value is -1.79. The van der Waals surface area contributed by atoms with Gasteiger partial charge < -0.3 is 10.6 Å². The molecule has 1 amide bonds. The SMILES string of the molecule is CCC(C)CN(CC)c1nc(C(F)(F)F)ccc1C(N)=O. The van der Waals surface area contributed by atoms with E-state index in [0.717, 1.165) is 18.6 Å². The second-order valence-corrected chi connectivity index (χ2v) is 4.98. The largest absolute Gasteiger partial charge is 0.433 e. The zero-order valence-corrected chi connectivity index (χ0v) is 12.4. The number of hydrogen-bond donors (Lipinski definition) is 1. The Kier molecular flexibility index (Phi) is 5.57. The van der Waals surface area contributed by atoms with Gasteiger partial charge in [0, 0.05) is 13.1 Å². The van der Waals surface area contributed by atoms with Crippen LogP contribution >= 0.6 is 0 Å². The number of nitrogens with two attached hydrogens (primary N) is 1. The number of pyridine rings is 1. The van der Waals surface area contributed by atoms with E-state index < -0.39 is 17.8 Å². The summed E-state index contributed by atoms with van der Waals surface area (Å²) < 4.78 is 38.4. The second-order valence-electron chi connectivity index (χ2n) is 4.98. The maximum absolute atomic E-state index is 12.8. The topological polar surface area (TPSA) is 59.2 Å². The molecule has 7 heteroatoms. The molecule has 1 unspecified atom stereocenters. The van der Waals surface area contributed by atoms with Crippen LogP contribution in [0.4, 0.5) is 19.0 Å². The highest BCUT2D eigenvalue weighted by Crippen LogP contribution is 2.30. The maximum atomic E-state index is 12.8. The lowest BCUT2D eigenvalue weighted by Gasteiger charge is -2.27. The fourth-order valence-corrected chi connectivity index (χ4v) is 1.91. The van der Waals surface area contributed by atoms with Crippen molar-refractivity contribution in [2.24, 2.45) is 11.7 Å². The van der Waals surface area contributed by atoms with E-state index in [0.29, 0.717) is 13.1 Å². The lowest BCUT2D eigenvalue weighted by Crippen LogP contribution is -2.32. The molecular weight excluding hydrogens is 283 g/mol. The summed E-state index contributed by atoms with van der Waals surface area (Å²) in [7, 11) is 0. The predicted octanol–water partition coefficient (Wildman–Crippen LogP) is 3.07. The summed E-state index contributed by atoms with van der Waals surface area (Å²) in [6.45, 7) is 6.74. The average molecular weight is 303 g/mol. The van der Waals surface area contributed by atoms with E-state index in [9.17, 15) is 18.0 Å². The summed E-state index contributed by atoms with van der Waals surface area (Å²) in [5, 5.41) is 0. The van der Waals surface area contributed by atoms with E-state index in [1.165, 1.54) is 0 Å². The molecule has 2 N–H and O–H groups in total. The monoisotopic (exact) mass is 303 g/mol. The van der Waals surface area contributed by atoms with Crippen LogP contribution in [0.25, 0.3) is 0 Å². The van der Waals surface area contributed by atoms with Gasteiger partial charge in [-0.25, -0.2) is 4.98 Å². The van der Waals surface area contributed by atoms with Gasteiger partial charge in [-0.05, 0) is 25.0 Å². The van der Waals surface area contributed by atoms with E-state index in [-0.39, 0.29) is 17.3 Å². The number of rotatable bonds is 6. The van der Waals surface area contributed by atoms with Crippen molar-refractivity contribution in [3.8, 4) is 0 Å². The van der Waals surface area contributed by atoms with Gasteiger partial charge in [0.1, 0.15) is 11.5 Å². The van der Waals surface area contributed by atoms with Crippen molar-refractivity contribution < 1.29 is 18.0 Å². The molecule has 1 rings (SSSR count). The Morgan fingerprint density at radius 3 is 2.43 bits per heavy atom. The van der Waals surface area contributed by atoms with Gasteiger partial charge in [0.2, 0.25) is 0 Å². The van der Waals surface area contributed by atoms with Gasteiger partial charge in [-0.1, -0.05) is 20.3 Å². The van der Waals surface area contributed by atoms with Crippen LogP contribution in [0.15, 0.2) is 12.1 Å². The molecule has 0 radical (unpaired) electrons. The Bertz CT molecular complexity index is 503. The minimum absolute atomic E-state index is 0.000116. The molecule has 0 aliphatic heterocycles. The van der Waals surface area contributed by atoms with E-state index in [2.05, 4.69) is 4.98 Å². The van der Waals surface area contributed by atoms with Gasteiger partial charge in [0.15, 0.2) is 0 Å². The number of amides is 1. The maximum Gasteiger partial charge on any atom is 0.433 e. The number of primary amides is 1. The van der Waals surface area contributed by atoms with Crippen LogP contribution in [0, 0.1) is 5.92 Å². The van der Waals surface area contributed by atoms with Crippen LogP contribution in [0.1, 0.15) is 43.2 Å². The number of carbonyl (C=O) groups excluding carboxylic acids is 1. The van der Waals surface area contributed by atoms with E-state index in [4.69, 9.17) is 5.73 Å². The van der Waals surface area contributed by atoms with Crippen molar-refractivity contribution in [2.45, 2.75) is 33.4 Å². The summed E-state index contributed by atoms with van der Waals surface area (Å²) in [6, 6.07) is 1.87. The van der Waals surface area contributed by atoms with Crippen LogP contribution < -0.4 is 10.6 Å². The highest BCUT2D eigenvalue weighted by Gasteiger charge is 2.34. The summed E-state index contributed by atoms with van der Waals surface area (Å²) in [5.74, 6) is -0.518. The highest BCUT2D eigenvalue weighted by molar-refractivity contribution is 5.97. The van der Waals surface area contributed by atoms with E-state index in [1.54, 1.807) is 11.8 Å². The zero-order valence-electron chi connectivity index (χ0n) is 12.4. The van der Waals surface area contributed by atoms with Crippen molar-refractivity contribution >= 4 is 11.7 Å². The van der Waals surface area contributed by atoms with Crippen LogP contribution in [0.3, 0.4) is 0 Å². The van der Waals surface area contributed by atoms with Crippen molar-refractivity contribution in [2.75, 3.05) is 18.0 Å². The van der Waals surface area contributed by atoms with Crippen LogP contribution in [-0.4, -0.2) is 24.0 Å². The number of halogens is 3. The second kappa shape index (κ2) is 6.78. The third-order valence-corrected chi connectivity index (χ3v) is 3.34. The molecule has 0 bridgehead atoms. The smallest absolute Gasteiger partial charge is 0.365 e. The fourth-order valence-electron chi connectivity index (χ4n) is 1.91. The summed E-state index contributed by atoms with van der Waals surface area (Å²) >= 11 is 0. The number of hydrogen-bond acceptors (Lipinski definition) is 3. The first-order valence-electron chi connectivity index (χ1n) is 6.83. The molecule has 118 valence electrons. The number of anilines is 1. The minimum atomic E-state index is -4.55. The molecule has 0 spiro atoms. The van der Waals surface area contributed by atoms with Gasteiger partial charge in [-0.15, -0.1) is 0 Å². The van der Waals surface area contributed by atoms with Gasteiger partial charge in [-0.2, -0.15) is 13.2 Å². The van der Waals surface area contributed by atoms with Crippen LogP contribution in [0.5, 0.6) is 0 Å². The van der Waals surface area contributed by atoms with Crippen LogP contribution in [0.2, 0.25) is 0 Å². The van der Waals surface area contributed by atoms with E-state index >= 15 is 0 Å². The number of carbonyl (C=O) groups is 1. The summed E-state index contributed by atoms with van der Waals surface area (Å²) in [5.41, 5.74) is 4.23. The van der Waals surface area contributed by atoms with Gasteiger partial charge in [0.25, 0.3) is 5.91 Å². The predicted molar refractivity (Wildman–Crippen MR) is 75.1 cm³/mol. The van der Waals surface area contributed by atoms with Crippen molar-refractivity contribution in [1.29, 1.82) is 0 Å². The van der Waals surface area contributed by atoms with Crippen molar-refractivity contribution in [1.82, 2.24) is 4.98 Å². The first kappa shape index (κ1) is 17.3. The molecular formula is C14H20F3N3O. The molecule has 0 saturated carbocycles. The quantitative estimate of drug-likeness (QED) is 0.878. The molecule has 1 heterocycles. The average Bonchev–Trinajstić information content (AvgIpc) is 2.42. The molecule has 1 atom stereocenters. The molecule has 1 aromatic rings. The van der Waals surface area contributed by atoms with E-state index in [1.807, 2.05) is 13.8 Å². The molecule has 0 aromatic carbocycles. The Labute approximate surface area is 122 Å².